The van der Waals surface area contributed by atoms with E-state index in [9.17, 15) is 9.59 Å². The summed E-state index contributed by atoms with van der Waals surface area (Å²) in [6.45, 7) is 7.84. The van der Waals surface area contributed by atoms with Crippen molar-refractivity contribution in [3.63, 3.8) is 0 Å². The Morgan fingerprint density at radius 3 is 2.43 bits per heavy atom. The van der Waals surface area contributed by atoms with Gasteiger partial charge in [-0.25, -0.2) is 4.79 Å². The smallest absolute Gasteiger partial charge is 0.410 e. The fourth-order valence-electron chi connectivity index (χ4n) is 5.13. The van der Waals surface area contributed by atoms with Gasteiger partial charge in [0.05, 0.1) is 10.6 Å². The summed E-state index contributed by atoms with van der Waals surface area (Å²) in [4.78, 5) is 26.8. The molecule has 2 amide bonds. The monoisotopic (exact) mass is 452 g/mol. The van der Waals surface area contributed by atoms with Crippen molar-refractivity contribution in [3.8, 4) is 0 Å². The summed E-state index contributed by atoms with van der Waals surface area (Å²) in [5.74, 6) is 1.68. The second-order valence-electron chi connectivity index (χ2n) is 10.1. The predicted molar refractivity (Wildman–Crippen MR) is 118 cm³/mol. The summed E-state index contributed by atoms with van der Waals surface area (Å²) in [6.07, 6.45) is 4.56. The number of ether oxygens (including phenoxy) is 1. The van der Waals surface area contributed by atoms with Crippen LogP contribution in [0.25, 0.3) is 0 Å². The molecule has 3 fully saturated rings. The summed E-state index contributed by atoms with van der Waals surface area (Å²) >= 11 is 12.1. The molecule has 4 rings (SSSR count). The van der Waals surface area contributed by atoms with Crippen LogP contribution in [0.15, 0.2) is 18.2 Å². The van der Waals surface area contributed by atoms with Gasteiger partial charge in [0, 0.05) is 24.7 Å². The number of hydrogen-bond acceptors (Lipinski definition) is 3. The van der Waals surface area contributed by atoms with Gasteiger partial charge in [-0.3, -0.25) is 4.79 Å². The van der Waals surface area contributed by atoms with Gasteiger partial charge in [-0.05, 0) is 75.0 Å². The molecule has 2 saturated carbocycles. The normalized spacial score (nSPS) is 27.6. The zero-order chi connectivity index (χ0) is 21.7. The van der Waals surface area contributed by atoms with E-state index in [1.54, 1.807) is 18.2 Å². The molecule has 1 aliphatic heterocycles. The molecule has 1 aromatic carbocycles. The highest BCUT2D eigenvalue weighted by Gasteiger charge is 2.68. The average molecular weight is 453 g/mol. The topological polar surface area (TPSA) is 58.6 Å². The van der Waals surface area contributed by atoms with Crippen molar-refractivity contribution in [2.24, 2.45) is 23.2 Å². The lowest BCUT2D eigenvalue weighted by Crippen LogP contribution is -2.39. The number of halogens is 2. The maximum absolute atomic E-state index is 12.5. The maximum Gasteiger partial charge on any atom is 0.410 e. The van der Waals surface area contributed by atoms with E-state index < -0.39 is 5.60 Å². The number of carbonyl (C=O) groups excluding carboxylic acids is 2. The van der Waals surface area contributed by atoms with Crippen LogP contribution in [-0.4, -0.2) is 42.1 Å². The molecular weight excluding hydrogens is 423 g/mol. The molecule has 3 aliphatic rings. The first kappa shape index (κ1) is 21.8. The Morgan fingerprint density at radius 2 is 1.87 bits per heavy atom. The number of carbonyl (C=O) groups is 2. The van der Waals surface area contributed by atoms with Crippen LogP contribution in [0.5, 0.6) is 0 Å². The number of likely N-dealkylation sites (tertiary alicyclic amines) is 1. The van der Waals surface area contributed by atoms with Gasteiger partial charge in [0.25, 0.3) is 5.91 Å². The van der Waals surface area contributed by atoms with Crippen LogP contribution in [0.4, 0.5) is 4.79 Å². The van der Waals surface area contributed by atoms with Gasteiger partial charge in [0.15, 0.2) is 0 Å². The second kappa shape index (κ2) is 7.90. The largest absolute Gasteiger partial charge is 0.444 e. The second-order valence-corrected chi connectivity index (χ2v) is 11.0. The molecule has 30 heavy (non-hydrogen) atoms. The first-order valence-electron chi connectivity index (χ1n) is 10.8. The number of nitrogens with one attached hydrogen (secondary N) is 1. The zero-order valence-electron chi connectivity index (χ0n) is 17.8. The Kier molecular flexibility index (Phi) is 5.73. The van der Waals surface area contributed by atoms with Crippen molar-refractivity contribution in [2.75, 3.05) is 19.6 Å². The number of fused-ring (bicyclic) bond motifs is 1. The lowest BCUT2D eigenvalue weighted by Gasteiger charge is -2.29. The highest BCUT2D eigenvalue weighted by atomic mass is 35.5. The number of nitrogens with zero attached hydrogens (tertiary/aromatic N) is 1. The lowest BCUT2D eigenvalue weighted by atomic mass is 9.89. The van der Waals surface area contributed by atoms with Crippen LogP contribution < -0.4 is 5.32 Å². The van der Waals surface area contributed by atoms with E-state index in [1.165, 1.54) is 19.3 Å². The van der Waals surface area contributed by atoms with Gasteiger partial charge < -0.3 is 15.0 Å². The molecule has 164 valence electrons. The Bertz CT molecular complexity index is 835. The minimum absolute atomic E-state index is 0.167. The lowest BCUT2D eigenvalue weighted by molar-refractivity contribution is 0.0244. The quantitative estimate of drug-likeness (QED) is 0.628. The molecular formula is C23H30Cl2N2O3. The molecule has 7 heteroatoms. The van der Waals surface area contributed by atoms with E-state index in [1.807, 2.05) is 25.7 Å². The molecule has 5 nitrogen and oxygen atoms in total. The third kappa shape index (κ3) is 4.57. The summed E-state index contributed by atoms with van der Waals surface area (Å²) < 4.78 is 5.54. The van der Waals surface area contributed by atoms with Crippen molar-refractivity contribution in [1.82, 2.24) is 10.2 Å². The van der Waals surface area contributed by atoms with Crippen LogP contribution in [0.3, 0.4) is 0 Å². The van der Waals surface area contributed by atoms with Crippen molar-refractivity contribution < 1.29 is 14.3 Å². The van der Waals surface area contributed by atoms with Gasteiger partial charge in [-0.15, -0.1) is 0 Å². The zero-order valence-corrected chi connectivity index (χ0v) is 19.4. The summed E-state index contributed by atoms with van der Waals surface area (Å²) in [6, 6.07) is 4.92. The van der Waals surface area contributed by atoms with Crippen molar-refractivity contribution in [1.29, 1.82) is 0 Å². The summed E-state index contributed by atoms with van der Waals surface area (Å²) in [7, 11) is 0. The number of piperidine rings is 1. The van der Waals surface area contributed by atoms with Crippen LogP contribution in [0.1, 0.15) is 56.8 Å². The third-order valence-corrected chi connectivity index (χ3v) is 7.30. The molecule has 2 unspecified atom stereocenters. The maximum atomic E-state index is 12.5. The van der Waals surface area contributed by atoms with E-state index in [-0.39, 0.29) is 17.4 Å². The first-order chi connectivity index (χ1) is 14.1. The Morgan fingerprint density at radius 1 is 1.20 bits per heavy atom. The Balaban J connectivity index is 1.33. The van der Waals surface area contributed by atoms with E-state index >= 15 is 0 Å². The summed E-state index contributed by atoms with van der Waals surface area (Å²) in [5, 5.41) is 3.91. The van der Waals surface area contributed by atoms with E-state index in [4.69, 9.17) is 27.9 Å². The Hall–Kier alpha value is -1.46. The molecule has 1 saturated heterocycles. The number of hydrogen-bond donors (Lipinski definition) is 1. The van der Waals surface area contributed by atoms with Gasteiger partial charge in [0.2, 0.25) is 0 Å². The molecule has 0 radical (unpaired) electrons. The van der Waals surface area contributed by atoms with Crippen LogP contribution in [0.2, 0.25) is 10.0 Å². The molecule has 0 aromatic heterocycles. The first-order valence-corrected chi connectivity index (χ1v) is 11.6. The van der Waals surface area contributed by atoms with E-state index in [0.29, 0.717) is 34.0 Å². The number of benzene rings is 1. The molecule has 1 heterocycles. The molecule has 1 aromatic rings. The minimum Gasteiger partial charge on any atom is -0.444 e. The standard InChI is InChI=1S/C23H30Cl2N2O3/c1-22(2,3)30-21(29)27-12-17-18(13-27)23(17,11-14-4-5-14)8-9-26-20(28)16-7-6-15(24)10-19(16)25/h6-7,10,14,17-18H,4-5,8-9,11-13H2,1-3H3,(H,26,28). The third-order valence-electron chi connectivity index (χ3n) is 6.76. The minimum atomic E-state index is -0.470. The fraction of sp³-hybridized carbons (Fsp3) is 0.652. The fourth-order valence-corrected chi connectivity index (χ4v) is 5.62. The highest BCUT2D eigenvalue weighted by Crippen LogP contribution is 2.69. The van der Waals surface area contributed by atoms with Gasteiger partial charge in [0.1, 0.15) is 5.60 Å². The van der Waals surface area contributed by atoms with Crippen molar-refractivity contribution in [3.05, 3.63) is 33.8 Å². The van der Waals surface area contributed by atoms with Crippen molar-refractivity contribution >= 4 is 35.2 Å². The van der Waals surface area contributed by atoms with Crippen LogP contribution in [0, 0.1) is 23.2 Å². The molecule has 0 bridgehead atoms. The molecule has 2 aliphatic carbocycles. The van der Waals surface area contributed by atoms with Crippen LogP contribution in [-0.2, 0) is 4.74 Å². The Labute approximate surface area is 188 Å². The van der Waals surface area contributed by atoms with Gasteiger partial charge in [-0.2, -0.15) is 0 Å². The number of amides is 2. The predicted octanol–water partition coefficient (Wildman–Crippen LogP) is 5.40. The molecule has 2 atom stereocenters. The average Bonchev–Trinajstić information content (AvgIpc) is 3.49. The van der Waals surface area contributed by atoms with Gasteiger partial charge >= 0.3 is 6.09 Å². The molecule has 0 spiro atoms. The van der Waals surface area contributed by atoms with Gasteiger partial charge in [-0.1, -0.05) is 36.0 Å². The van der Waals surface area contributed by atoms with E-state index in [2.05, 4.69) is 5.32 Å². The van der Waals surface area contributed by atoms with Crippen LogP contribution >= 0.6 is 23.2 Å². The number of rotatable bonds is 6. The van der Waals surface area contributed by atoms with E-state index in [0.717, 1.165) is 25.4 Å². The SMILES string of the molecule is CC(C)(C)OC(=O)N1CC2C(C1)C2(CCNC(=O)c1ccc(Cl)cc1Cl)CC1CC1. The summed E-state index contributed by atoms with van der Waals surface area (Å²) in [5.41, 5.74) is 0.225. The molecule has 1 N–H and O–H groups in total. The van der Waals surface area contributed by atoms with Crippen molar-refractivity contribution in [2.45, 2.75) is 52.1 Å². The highest BCUT2D eigenvalue weighted by molar-refractivity contribution is 6.36.